The molecule has 3 nitrogen and oxygen atoms in total. The van der Waals surface area contributed by atoms with Crippen molar-refractivity contribution in [3.8, 4) is 0 Å². The SMILES string of the molecule is CC(CNC(=O)CSc1ccccc1N)c1ccccc1. The van der Waals surface area contributed by atoms with E-state index in [0.29, 0.717) is 23.9 Å². The van der Waals surface area contributed by atoms with E-state index in [1.807, 2.05) is 42.5 Å². The Morgan fingerprint density at radius 2 is 1.81 bits per heavy atom. The number of benzene rings is 2. The molecule has 0 fully saturated rings. The minimum absolute atomic E-state index is 0.0334. The number of hydrogen-bond donors (Lipinski definition) is 2. The Labute approximate surface area is 129 Å². The molecule has 2 aromatic carbocycles. The Morgan fingerprint density at radius 3 is 2.52 bits per heavy atom. The van der Waals surface area contributed by atoms with Crippen LogP contribution in [0.4, 0.5) is 5.69 Å². The molecule has 0 aliphatic carbocycles. The number of anilines is 1. The monoisotopic (exact) mass is 300 g/mol. The molecule has 0 saturated carbocycles. The van der Waals surface area contributed by atoms with Crippen LogP contribution in [0.25, 0.3) is 0 Å². The van der Waals surface area contributed by atoms with Crippen molar-refractivity contribution in [2.24, 2.45) is 0 Å². The second kappa shape index (κ2) is 7.74. The van der Waals surface area contributed by atoms with Crippen LogP contribution in [0.15, 0.2) is 59.5 Å². The number of nitrogen functional groups attached to an aromatic ring is 1. The van der Waals surface area contributed by atoms with Crippen LogP contribution in [0.1, 0.15) is 18.4 Å². The van der Waals surface area contributed by atoms with Crippen LogP contribution < -0.4 is 11.1 Å². The Morgan fingerprint density at radius 1 is 1.14 bits per heavy atom. The van der Waals surface area contributed by atoms with Gasteiger partial charge in [-0.2, -0.15) is 0 Å². The molecule has 0 aliphatic heterocycles. The van der Waals surface area contributed by atoms with Gasteiger partial charge in [0.2, 0.25) is 5.91 Å². The van der Waals surface area contributed by atoms with Crippen molar-refractivity contribution >= 4 is 23.4 Å². The average Bonchev–Trinajstić information content (AvgIpc) is 2.52. The van der Waals surface area contributed by atoms with Gasteiger partial charge in [0.05, 0.1) is 5.75 Å². The molecule has 21 heavy (non-hydrogen) atoms. The molecule has 0 spiro atoms. The third kappa shape index (κ3) is 4.83. The fourth-order valence-corrected chi connectivity index (χ4v) is 2.77. The highest BCUT2D eigenvalue weighted by atomic mass is 32.2. The molecule has 0 aromatic heterocycles. The highest BCUT2D eigenvalue weighted by molar-refractivity contribution is 8.00. The zero-order chi connectivity index (χ0) is 15.1. The third-order valence-electron chi connectivity index (χ3n) is 3.25. The van der Waals surface area contributed by atoms with Gasteiger partial charge in [-0.1, -0.05) is 49.4 Å². The number of para-hydroxylation sites is 1. The van der Waals surface area contributed by atoms with Crippen molar-refractivity contribution in [3.63, 3.8) is 0 Å². The molecule has 0 radical (unpaired) electrons. The fraction of sp³-hybridized carbons (Fsp3) is 0.235. The predicted octanol–water partition coefficient (Wildman–Crippen LogP) is 3.28. The number of amides is 1. The lowest BCUT2D eigenvalue weighted by Gasteiger charge is -2.13. The number of nitrogens with two attached hydrogens (primary N) is 1. The van der Waals surface area contributed by atoms with Crippen molar-refractivity contribution in [2.45, 2.75) is 17.7 Å². The average molecular weight is 300 g/mol. The van der Waals surface area contributed by atoms with Gasteiger partial charge < -0.3 is 11.1 Å². The van der Waals surface area contributed by atoms with E-state index in [1.165, 1.54) is 17.3 Å². The zero-order valence-corrected chi connectivity index (χ0v) is 12.9. The minimum Gasteiger partial charge on any atom is -0.398 e. The summed E-state index contributed by atoms with van der Waals surface area (Å²) in [6.07, 6.45) is 0. The lowest BCUT2D eigenvalue weighted by molar-refractivity contribution is -0.118. The van der Waals surface area contributed by atoms with Gasteiger partial charge in [0, 0.05) is 17.1 Å². The Bertz CT molecular complexity index is 586. The Kier molecular flexibility index (Phi) is 5.69. The summed E-state index contributed by atoms with van der Waals surface area (Å²) in [7, 11) is 0. The number of thioether (sulfide) groups is 1. The van der Waals surface area contributed by atoms with Gasteiger partial charge in [-0.25, -0.2) is 0 Å². The summed E-state index contributed by atoms with van der Waals surface area (Å²) in [4.78, 5) is 12.8. The van der Waals surface area contributed by atoms with E-state index in [1.54, 1.807) is 0 Å². The van der Waals surface area contributed by atoms with Crippen molar-refractivity contribution in [1.82, 2.24) is 5.32 Å². The van der Waals surface area contributed by atoms with Gasteiger partial charge in [0.15, 0.2) is 0 Å². The van der Waals surface area contributed by atoms with Crippen molar-refractivity contribution < 1.29 is 4.79 Å². The summed E-state index contributed by atoms with van der Waals surface area (Å²) in [5.41, 5.74) is 7.80. The maximum absolute atomic E-state index is 11.9. The summed E-state index contributed by atoms with van der Waals surface area (Å²) >= 11 is 1.47. The van der Waals surface area contributed by atoms with Crippen LogP contribution in [-0.4, -0.2) is 18.2 Å². The van der Waals surface area contributed by atoms with Crippen LogP contribution in [0.2, 0.25) is 0 Å². The molecule has 0 bridgehead atoms. The van der Waals surface area contributed by atoms with Crippen molar-refractivity contribution in [1.29, 1.82) is 0 Å². The number of carbonyl (C=O) groups is 1. The van der Waals surface area contributed by atoms with E-state index in [0.717, 1.165) is 4.90 Å². The van der Waals surface area contributed by atoms with Gasteiger partial charge in [-0.05, 0) is 23.6 Å². The first-order valence-electron chi connectivity index (χ1n) is 6.96. The summed E-state index contributed by atoms with van der Waals surface area (Å²) < 4.78 is 0. The lowest BCUT2D eigenvalue weighted by atomic mass is 10.0. The first-order chi connectivity index (χ1) is 10.2. The molecule has 0 heterocycles. The van der Waals surface area contributed by atoms with Crippen molar-refractivity contribution in [3.05, 3.63) is 60.2 Å². The highest BCUT2D eigenvalue weighted by Gasteiger charge is 2.08. The molecule has 1 amide bonds. The molecule has 4 heteroatoms. The number of carbonyl (C=O) groups excluding carboxylic acids is 1. The third-order valence-corrected chi connectivity index (χ3v) is 4.34. The normalized spacial score (nSPS) is 11.9. The highest BCUT2D eigenvalue weighted by Crippen LogP contribution is 2.23. The number of hydrogen-bond acceptors (Lipinski definition) is 3. The van der Waals surface area contributed by atoms with E-state index >= 15 is 0 Å². The molecule has 2 aromatic rings. The van der Waals surface area contributed by atoms with Gasteiger partial charge >= 0.3 is 0 Å². The molecular weight excluding hydrogens is 280 g/mol. The summed E-state index contributed by atoms with van der Waals surface area (Å²) in [5, 5.41) is 2.97. The lowest BCUT2D eigenvalue weighted by Crippen LogP contribution is -2.28. The zero-order valence-electron chi connectivity index (χ0n) is 12.1. The topological polar surface area (TPSA) is 55.1 Å². The minimum atomic E-state index is 0.0334. The van der Waals surface area contributed by atoms with Crippen molar-refractivity contribution in [2.75, 3.05) is 18.0 Å². The standard InChI is InChI=1S/C17H20N2OS/c1-13(14-7-3-2-4-8-14)11-19-17(20)12-21-16-10-6-5-9-15(16)18/h2-10,13H,11-12,18H2,1H3,(H,19,20). The van der Waals surface area contributed by atoms with Crippen LogP contribution in [0.3, 0.4) is 0 Å². The predicted molar refractivity (Wildman–Crippen MR) is 89.4 cm³/mol. The largest absolute Gasteiger partial charge is 0.398 e. The maximum Gasteiger partial charge on any atom is 0.230 e. The first-order valence-corrected chi connectivity index (χ1v) is 7.94. The molecule has 3 N–H and O–H groups in total. The fourth-order valence-electron chi connectivity index (χ4n) is 1.97. The molecule has 0 saturated heterocycles. The molecule has 2 rings (SSSR count). The van der Waals surface area contributed by atoms with E-state index in [2.05, 4.69) is 24.4 Å². The van der Waals surface area contributed by atoms with E-state index in [-0.39, 0.29) is 5.91 Å². The second-order valence-corrected chi connectivity index (χ2v) is 5.96. The number of nitrogens with one attached hydrogen (secondary N) is 1. The second-order valence-electron chi connectivity index (χ2n) is 4.94. The van der Waals surface area contributed by atoms with E-state index in [4.69, 9.17) is 5.73 Å². The Balaban J connectivity index is 1.76. The Hall–Kier alpha value is -1.94. The van der Waals surface area contributed by atoms with Gasteiger partial charge in [-0.3, -0.25) is 4.79 Å². The summed E-state index contributed by atoms with van der Waals surface area (Å²) in [6.45, 7) is 2.76. The van der Waals surface area contributed by atoms with E-state index in [9.17, 15) is 4.79 Å². The number of rotatable bonds is 6. The molecule has 1 atom stereocenters. The quantitative estimate of drug-likeness (QED) is 0.636. The van der Waals surface area contributed by atoms with E-state index < -0.39 is 0 Å². The summed E-state index contributed by atoms with van der Waals surface area (Å²) in [6, 6.07) is 17.8. The summed E-state index contributed by atoms with van der Waals surface area (Å²) in [5.74, 6) is 0.725. The first kappa shape index (κ1) is 15.4. The van der Waals surface area contributed by atoms with Crippen LogP contribution in [0.5, 0.6) is 0 Å². The van der Waals surface area contributed by atoms with Crippen LogP contribution >= 0.6 is 11.8 Å². The van der Waals surface area contributed by atoms with Gasteiger partial charge in [0.25, 0.3) is 0 Å². The maximum atomic E-state index is 11.9. The molecule has 0 aliphatic rings. The smallest absolute Gasteiger partial charge is 0.230 e. The van der Waals surface area contributed by atoms with Crippen LogP contribution in [-0.2, 0) is 4.79 Å². The van der Waals surface area contributed by atoms with Gasteiger partial charge in [-0.15, -0.1) is 11.8 Å². The molecule has 1 unspecified atom stereocenters. The van der Waals surface area contributed by atoms with Gasteiger partial charge in [0.1, 0.15) is 0 Å². The van der Waals surface area contributed by atoms with Crippen LogP contribution in [0, 0.1) is 0 Å². The molecule has 110 valence electrons. The molecular formula is C17H20N2OS.